The summed E-state index contributed by atoms with van der Waals surface area (Å²) in [6.07, 6.45) is 1.48. The molecule has 26 heavy (non-hydrogen) atoms. The zero-order chi connectivity index (χ0) is 18.4. The zero-order valence-corrected chi connectivity index (χ0v) is 16.7. The average molecular weight is 384 g/mol. The molecule has 1 aromatic carbocycles. The number of rotatable bonds is 6. The molecule has 0 atom stereocenters. The van der Waals surface area contributed by atoms with Gasteiger partial charge in [-0.2, -0.15) is 0 Å². The monoisotopic (exact) mass is 383 g/mol. The van der Waals surface area contributed by atoms with Crippen LogP contribution < -0.4 is 10.5 Å². The maximum absolute atomic E-state index is 12.9. The molecule has 1 aromatic rings. The third kappa shape index (κ3) is 4.48. The van der Waals surface area contributed by atoms with Gasteiger partial charge in [0.25, 0.3) is 5.91 Å². The first-order valence-corrected chi connectivity index (χ1v) is 8.94. The highest BCUT2D eigenvalue weighted by Gasteiger charge is 2.38. The summed E-state index contributed by atoms with van der Waals surface area (Å²) in [7, 11) is 1.60. The molecule has 1 aliphatic rings. The van der Waals surface area contributed by atoms with E-state index in [0.717, 1.165) is 18.6 Å². The molecule has 146 valence electrons. The summed E-state index contributed by atoms with van der Waals surface area (Å²) in [4.78, 5) is 29.1. The van der Waals surface area contributed by atoms with Crippen molar-refractivity contribution in [1.82, 2.24) is 9.80 Å². The first-order valence-electron chi connectivity index (χ1n) is 8.94. The second-order valence-corrected chi connectivity index (χ2v) is 6.50. The van der Waals surface area contributed by atoms with Crippen LogP contribution >= 0.6 is 12.4 Å². The van der Waals surface area contributed by atoms with E-state index in [1.165, 1.54) is 0 Å². The van der Waals surface area contributed by atoms with E-state index in [1.54, 1.807) is 36.3 Å². The number of amides is 2. The molecule has 2 rings (SSSR count). The van der Waals surface area contributed by atoms with Crippen LogP contribution in [0.1, 0.15) is 37.0 Å². The number of hydrogen-bond donors (Lipinski definition) is 1. The quantitative estimate of drug-likeness (QED) is 0.816. The van der Waals surface area contributed by atoms with Crippen molar-refractivity contribution in [3.63, 3.8) is 0 Å². The van der Waals surface area contributed by atoms with E-state index in [4.69, 9.17) is 10.5 Å². The van der Waals surface area contributed by atoms with Crippen molar-refractivity contribution in [3.05, 3.63) is 29.8 Å². The normalized spacial score (nSPS) is 14.6. The van der Waals surface area contributed by atoms with Crippen LogP contribution in [0.5, 0.6) is 5.75 Å². The lowest BCUT2D eigenvalue weighted by Gasteiger charge is -2.40. The van der Waals surface area contributed by atoms with Gasteiger partial charge in [-0.05, 0) is 37.1 Å². The zero-order valence-electron chi connectivity index (χ0n) is 15.9. The van der Waals surface area contributed by atoms with Gasteiger partial charge in [-0.1, -0.05) is 13.8 Å². The van der Waals surface area contributed by atoms with E-state index in [-0.39, 0.29) is 24.2 Å². The van der Waals surface area contributed by atoms with Crippen molar-refractivity contribution < 1.29 is 14.3 Å². The van der Waals surface area contributed by atoms with Gasteiger partial charge >= 0.3 is 0 Å². The van der Waals surface area contributed by atoms with Crippen LogP contribution in [0.4, 0.5) is 0 Å². The number of nitrogens with zero attached hydrogens (tertiary/aromatic N) is 2. The number of nitrogens with two attached hydrogens (primary N) is 1. The van der Waals surface area contributed by atoms with Crippen molar-refractivity contribution in [2.24, 2.45) is 11.1 Å². The molecule has 1 fully saturated rings. The number of ether oxygens (including phenoxy) is 1. The Morgan fingerprint density at radius 1 is 1.04 bits per heavy atom. The molecule has 1 heterocycles. The second kappa shape index (κ2) is 9.78. The highest BCUT2D eigenvalue weighted by atomic mass is 35.5. The lowest BCUT2D eigenvalue weighted by atomic mass is 9.81. The Kier molecular flexibility index (Phi) is 8.37. The van der Waals surface area contributed by atoms with Crippen molar-refractivity contribution in [3.8, 4) is 5.75 Å². The van der Waals surface area contributed by atoms with Gasteiger partial charge in [0.15, 0.2) is 0 Å². The molecule has 7 heteroatoms. The molecule has 0 bridgehead atoms. The number of benzene rings is 1. The van der Waals surface area contributed by atoms with E-state index < -0.39 is 5.41 Å². The molecule has 0 spiro atoms. The van der Waals surface area contributed by atoms with Crippen molar-refractivity contribution >= 4 is 24.2 Å². The molecule has 6 nitrogen and oxygen atoms in total. The highest BCUT2D eigenvalue weighted by Crippen LogP contribution is 2.28. The fourth-order valence-electron chi connectivity index (χ4n) is 3.29. The third-order valence-electron chi connectivity index (χ3n) is 5.39. The molecule has 0 aliphatic carbocycles. The molecule has 1 aliphatic heterocycles. The Bertz CT molecular complexity index is 586. The van der Waals surface area contributed by atoms with E-state index in [1.807, 2.05) is 18.7 Å². The summed E-state index contributed by atoms with van der Waals surface area (Å²) < 4.78 is 5.12. The summed E-state index contributed by atoms with van der Waals surface area (Å²) in [5.74, 6) is 0.839. The lowest BCUT2D eigenvalue weighted by Crippen LogP contribution is -2.55. The minimum Gasteiger partial charge on any atom is -0.497 e. The SMILES string of the molecule is CCC(CC)(CN)C(=O)N1CCN(C(=O)c2ccc(OC)cc2)CC1.Cl. The molecule has 0 aromatic heterocycles. The smallest absolute Gasteiger partial charge is 0.253 e. The minimum atomic E-state index is -0.470. The molecule has 0 saturated carbocycles. The number of piperazine rings is 1. The van der Waals surface area contributed by atoms with Crippen LogP contribution in [-0.4, -0.2) is 61.4 Å². The van der Waals surface area contributed by atoms with Crippen LogP contribution in [-0.2, 0) is 4.79 Å². The van der Waals surface area contributed by atoms with Gasteiger partial charge in [0.05, 0.1) is 12.5 Å². The van der Waals surface area contributed by atoms with Gasteiger partial charge in [0.2, 0.25) is 5.91 Å². The number of halogens is 1. The molecule has 0 radical (unpaired) electrons. The molecule has 0 unspecified atom stereocenters. The summed E-state index contributed by atoms with van der Waals surface area (Å²) in [6.45, 7) is 6.60. The fraction of sp³-hybridized carbons (Fsp3) is 0.579. The Balaban J connectivity index is 0.00000338. The predicted octanol–water partition coefficient (Wildman–Crippen LogP) is 2.17. The summed E-state index contributed by atoms with van der Waals surface area (Å²) in [5.41, 5.74) is 6.06. The second-order valence-electron chi connectivity index (χ2n) is 6.50. The molecule has 2 N–H and O–H groups in total. The van der Waals surface area contributed by atoms with Gasteiger partial charge in [0, 0.05) is 38.3 Å². The first-order chi connectivity index (χ1) is 12.0. The van der Waals surface area contributed by atoms with Crippen LogP contribution in [0.2, 0.25) is 0 Å². The Morgan fingerprint density at radius 2 is 1.54 bits per heavy atom. The molecular formula is C19H30ClN3O3. The van der Waals surface area contributed by atoms with Gasteiger partial charge < -0.3 is 20.3 Å². The first kappa shape index (κ1) is 22.3. The van der Waals surface area contributed by atoms with Crippen molar-refractivity contribution in [1.29, 1.82) is 0 Å². The molecule has 2 amide bonds. The van der Waals surface area contributed by atoms with E-state index in [0.29, 0.717) is 38.3 Å². The number of methoxy groups -OCH3 is 1. The van der Waals surface area contributed by atoms with Gasteiger partial charge in [-0.3, -0.25) is 9.59 Å². The summed E-state index contributed by atoms with van der Waals surface area (Å²) in [5, 5.41) is 0. The van der Waals surface area contributed by atoms with Gasteiger partial charge in [-0.25, -0.2) is 0 Å². The lowest BCUT2D eigenvalue weighted by molar-refractivity contribution is -0.143. The van der Waals surface area contributed by atoms with Crippen LogP contribution in [0, 0.1) is 5.41 Å². The number of carbonyl (C=O) groups is 2. The van der Waals surface area contributed by atoms with Crippen LogP contribution in [0.25, 0.3) is 0 Å². The molecule has 1 saturated heterocycles. The Labute approximate surface area is 162 Å². The van der Waals surface area contributed by atoms with Crippen LogP contribution in [0.15, 0.2) is 24.3 Å². The van der Waals surface area contributed by atoms with E-state index >= 15 is 0 Å². The largest absolute Gasteiger partial charge is 0.497 e. The van der Waals surface area contributed by atoms with E-state index in [9.17, 15) is 9.59 Å². The topological polar surface area (TPSA) is 75.9 Å². The summed E-state index contributed by atoms with van der Waals surface area (Å²) >= 11 is 0. The number of hydrogen-bond acceptors (Lipinski definition) is 4. The maximum Gasteiger partial charge on any atom is 0.253 e. The van der Waals surface area contributed by atoms with Gasteiger partial charge in [-0.15, -0.1) is 12.4 Å². The van der Waals surface area contributed by atoms with Crippen molar-refractivity contribution in [2.45, 2.75) is 26.7 Å². The Morgan fingerprint density at radius 3 is 1.96 bits per heavy atom. The fourth-order valence-corrected chi connectivity index (χ4v) is 3.29. The summed E-state index contributed by atoms with van der Waals surface area (Å²) in [6, 6.07) is 7.11. The standard InChI is InChI=1S/C19H29N3O3.ClH/c1-4-19(5-2,14-20)18(24)22-12-10-21(11-13-22)17(23)15-6-8-16(25-3)9-7-15;/h6-9H,4-5,10-14,20H2,1-3H3;1H. The third-order valence-corrected chi connectivity index (χ3v) is 5.39. The molecular weight excluding hydrogens is 354 g/mol. The van der Waals surface area contributed by atoms with E-state index in [2.05, 4.69) is 0 Å². The maximum atomic E-state index is 12.9. The Hall–Kier alpha value is -1.79. The number of carbonyl (C=O) groups excluding carboxylic acids is 2. The average Bonchev–Trinajstić information content (AvgIpc) is 2.69. The van der Waals surface area contributed by atoms with Gasteiger partial charge in [0.1, 0.15) is 5.75 Å². The minimum absolute atomic E-state index is 0. The van der Waals surface area contributed by atoms with Crippen molar-refractivity contribution in [2.75, 3.05) is 39.8 Å². The highest BCUT2D eigenvalue weighted by molar-refractivity contribution is 5.94. The predicted molar refractivity (Wildman–Crippen MR) is 105 cm³/mol. The van der Waals surface area contributed by atoms with Crippen LogP contribution in [0.3, 0.4) is 0 Å².